The van der Waals surface area contributed by atoms with Gasteiger partial charge in [0.25, 0.3) is 5.56 Å². The molecule has 1 aromatic carbocycles. The number of rotatable bonds is 4. The van der Waals surface area contributed by atoms with Gasteiger partial charge in [-0.3, -0.25) is 14.2 Å². The number of aromatic nitrogens is 2. The van der Waals surface area contributed by atoms with Gasteiger partial charge in [-0.05, 0) is 55.7 Å². The molecule has 3 heterocycles. The zero-order valence-corrected chi connectivity index (χ0v) is 17.7. The Morgan fingerprint density at radius 2 is 2.03 bits per heavy atom. The number of Topliss-reactive ketones (excluding diaryl/α,β-unsaturated/α-hetero) is 1. The van der Waals surface area contributed by atoms with Crippen LogP contribution in [0.4, 0.5) is 0 Å². The van der Waals surface area contributed by atoms with Gasteiger partial charge in [0.2, 0.25) is 0 Å². The summed E-state index contributed by atoms with van der Waals surface area (Å²) in [6.45, 7) is 2.03. The van der Waals surface area contributed by atoms with Gasteiger partial charge in [-0.2, -0.15) is 0 Å². The van der Waals surface area contributed by atoms with E-state index in [9.17, 15) is 9.59 Å². The van der Waals surface area contributed by atoms with Crippen LogP contribution in [-0.4, -0.2) is 15.3 Å². The maximum Gasteiger partial charge on any atom is 0.263 e. The molecule has 0 atom stereocenters. The van der Waals surface area contributed by atoms with Crippen molar-refractivity contribution in [2.24, 2.45) is 0 Å². The van der Waals surface area contributed by atoms with E-state index in [1.165, 1.54) is 16.2 Å². The van der Waals surface area contributed by atoms with Gasteiger partial charge in [-0.1, -0.05) is 29.8 Å². The lowest BCUT2D eigenvalue weighted by atomic mass is 9.97. The van der Waals surface area contributed by atoms with E-state index in [2.05, 4.69) is 0 Å². The van der Waals surface area contributed by atoms with Crippen LogP contribution >= 0.6 is 22.7 Å². The van der Waals surface area contributed by atoms with Crippen molar-refractivity contribution in [2.75, 3.05) is 0 Å². The highest BCUT2D eigenvalue weighted by Crippen LogP contribution is 2.35. The van der Waals surface area contributed by atoms with Crippen LogP contribution in [0, 0.1) is 6.92 Å². The van der Waals surface area contributed by atoms with Crippen molar-refractivity contribution in [3.8, 4) is 11.4 Å². The number of thiophene rings is 2. The summed E-state index contributed by atoms with van der Waals surface area (Å²) in [5, 5.41) is 2.61. The van der Waals surface area contributed by atoms with Crippen LogP contribution in [0.25, 0.3) is 21.6 Å². The molecule has 4 aromatic rings. The van der Waals surface area contributed by atoms with Gasteiger partial charge in [0, 0.05) is 10.4 Å². The summed E-state index contributed by atoms with van der Waals surface area (Å²) in [5.74, 6) is 0.524. The van der Waals surface area contributed by atoms with Crippen LogP contribution in [0.15, 0.2) is 46.6 Å². The van der Waals surface area contributed by atoms with Gasteiger partial charge >= 0.3 is 0 Å². The van der Waals surface area contributed by atoms with E-state index >= 15 is 0 Å². The first-order valence-corrected chi connectivity index (χ1v) is 11.5. The fourth-order valence-corrected chi connectivity index (χ4v) is 5.96. The van der Waals surface area contributed by atoms with E-state index in [0.717, 1.165) is 52.6 Å². The second-order valence-corrected chi connectivity index (χ2v) is 9.52. The Balaban J connectivity index is 1.75. The molecule has 0 saturated heterocycles. The fourth-order valence-electron chi connectivity index (χ4n) is 4.05. The van der Waals surface area contributed by atoms with Crippen molar-refractivity contribution < 1.29 is 4.79 Å². The topological polar surface area (TPSA) is 52.0 Å². The molecule has 4 nitrogen and oxygen atoms in total. The van der Waals surface area contributed by atoms with Gasteiger partial charge in [-0.15, -0.1) is 22.7 Å². The number of hydrogen-bond acceptors (Lipinski definition) is 5. The molecule has 0 unspecified atom stereocenters. The Morgan fingerprint density at radius 3 is 2.83 bits per heavy atom. The molecule has 3 aromatic heterocycles. The first kappa shape index (κ1) is 18.5. The van der Waals surface area contributed by atoms with Crippen LogP contribution < -0.4 is 5.56 Å². The van der Waals surface area contributed by atoms with Crippen molar-refractivity contribution in [3.63, 3.8) is 0 Å². The molecule has 0 amide bonds. The third-order valence-corrected chi connectivity index (χ3v) is 7.55. The van der Waals surface area contributed by atoms with E-state index in [1.54, 1.807) is 15.9 Å². The van der Waals surface area contributed by atoms with Crippen molar-refractivity contribution in [3.05, 3.63) is 73.0 Å². The second kappa shape index (κ2) is 7.35. The summed E-state index contributed by atoms with van der Waals surface area (Å²) in [7, 11) is 0. The highest BCUT2D eigenvalue weighted by atomic mass is 32.1. The molecule has 0 fully saturated rings. The minimum Gasteiger partial charge on any atom is -0.291 e. The lowest BCUT2D eigenvalue weighted by molar-refractivity contribution is 0.0975. The van der Waals surface area contributed by atoms with E-state index in [4.69, 9.17) is 4.98 Å². The number of carbonyl (C=O) groups is 1. The Kier molecular flexibility index (Phi) is 4.68. The third-order valence-electron chi connectivity index (χ3n) is 5.45. The maximum absolute atomic E-state index is 13.6. The number of ketones is 1. The monoisotopic (exact) mass is 420 g/mol. The molecule has 6 heteroatoms. The number of benzene rings is 1. The minimum atomic E-state index is -0.0872. The van der Waals surface area contributed by atoms with E-state index in [1.807, 2.05) is 48.7 Å². The largest absolute Gasteiger partial charge is 0.291 e. The van der Waals surface area contributed by atoms with Gasteiger partial charge in [-0.25, -0.2) is 4.98 Å². The minimum absolute atomic E-state index is 0.0101. The first-order chi connectivity index (χ1) is 14.1. The lowest BCUT2D eigenvalue weighted by Crippen LogP contribution is -2.27. The molecule has 0 aliphatic heterocycles. The molecule has 5 rings (SSSR count). The van der Waals surface area contributed by atoms with Crippen molar-refractivity contribution in [2.45, 2.75) is 39.2 Å². The average Bonchev–Trinajstić information content (AvgIpc) is 3.37. The molecule has 0 bridgehead atoms. The fraction of sp³-hybridized carbons (Fsp3) is 0.261. The lowest BCUT2D eigenvalue weighted by Gasteiger charge is -2.14. The molecule has 29 heavy (non-hydrogen) atoms. The molecular weight excluding hydrogens is 400 g/mol. The number of hydrogen-bond donors (Lipinski definition) is 0. The van der Waals surface area contributed by atoms with Crippen molar-refractivity contribution >= 4 is 38.7 Å². The summed E-state index contributed by atoms with van der Waals surface area (Å²) in [4.78, 5) is 34.2. The van der Waals surface area contributed by atoms with Gasteiger partial charge in [0.05, 0.1) is 16.8 Å². The molecule has 0 spiro atoms. The Morgan fingerprint density at radius 1 is 1.17 bits per heavy atom. The van der Waals surface area contributed by atoms with Crippen LogP contribution in [0.2, 0.25) is 0 Å². The summed E-state index contributed by atoms with van der Waals surface area (Å²) >= 11 is 3.05. The van der Waals surface area contributed by atoms with Gasteiger partial charge in [0.15, 0.2) is 5.78 Å². The summed E-state index contributed by atoms with van der Waals surface area (Å²) < 4.78 is 1.58. The average molecular weight is 421 g/mol. The van der Waals surface area contributed by atoms with Crippen LogP contribution in [0.3, 0.4) is 0 Å². The van der Waals surface area contributed by atoms with Gasteiger partial charge < -0.3 is 0 Å². The Labute approximate surface area is 176 Å². The molecule has 1 aliphatic rings. The normalized spacial score (nSPS) is 13.6. The van der Waals surface area contributed by atoms with Crippen LogP contribution in [-0.2, 0) is 19.4 Å². The quantitative estimate of drug-likeness (QED) is 0.423. The molecule has 0 saturated carbocycles. The number of fused-ring (bicyclic) bond motifs is 3. The molecule has 146 valence electrons. The number of carbonyl (C=O) groups excluding carboxylic acids is 1. The highest BCUT2D eigenvalue weighted by Gasteiger charge is 2.23. The smallest absolute Gasteiger partial charge is 0.263 e. The van der Waals surface area contributed by atoms with Crippen molar-refractivity contribution in [1.29, 1.82) is 0 Å². The second-order valence-electron chi connectivity index (χ2n) is 7.49. The predicted molar refractivity (Wildman–Crippen MR) is 119 cm³/mol. The Hall–Kier alpha value is -2.57. The summed E-state index contributed by atoms with van der Waals surface area (Å²) in [5.41, 5.74) is 3.03. The number of aryl methyl sites for hydroxylation is 3. The first-order valence-electron chi connectivity index (χ1n) is 9.80. The zero-order valence-electron chi connectivity index (χ0n) is 16.1. The van der Waals surface area contributed by atoms with E-state index in [0.29, 0.717) is 10.7 Å². The zero-order chi connectivity index (χ0) is 20.0. The standard InChI is InChI=1S/C23H20N2O2S2/c1-14-6-4-7-15(12-14)21-24-22-20(16-8-2-3-9-18(16)29-22)23(27)25(21)13-17(26)19-10-5-11-28-19/h4-7,10-12H,2-3,8-9,13H2,1H3. The van der Waals surface area contributed by atoms with Crippen molar-refractivity contribution in [1.82, 2.24) is 9.55 Å². The van der Waals surface area contributed by atoms with Crippen LogP contribution in [0.5, 0.6) is 0 Å². The SMILES string of the molecule is Cc1cccc(-c2nc3sc4c(c3c(=O)n2CC(=O)c2cccs2)CCCC4)c1. The van der Waals surface area contributed by atoms with Crippen LogP contribution in [0.1, 0.15) is 38.5 Å². The summed E-state index contributed by atoms with van der Waals surface area (Å²) in [6.07, 6.45) is 4.21. The van der Waals surface area contributed by atoms with E-state index < -0.39 is 0 Å². The maximum atomic E-state index is 13.6. The third kappa shape index (κ3) is 3.26. The molecule has 0 radical (unpaired) electrons. The molecule has 0 N–H and O–H groups in total. The molecule has 1 aliphatic carbocycles. The van der Waals surface area contributed by atoms with Gasteiger partial charge in [0.1, 0.15) is 10.7 Å². The Bertz CT molecular complexity index is 1280. The number of nitrogens with zero attached hydrogens (tertiary/aromatic N) is 2. The summed E-state index contributed by atoms with van der Waals surface area (Å²) in [6, 6.07) is 11.6. The highest BCUT2D eigenvalue weighted by molar-refractivity contribution is 7.18. The predicted octanol–water partition coefficient (Wildman–Crippen LogP) is 5.26. The molecular formula is C23H20N2O2S2. The van der Waals surface area contributed by atoms with E-state index in [-0.39, 0.29) is 17.9 Å².